The summed E-state index contributed by atoms with van der Waals surface area (Å²) < 4.78 is 29.6. The van der Waals surface area contributed by atoms with E-state index in [9.17, 15) is 18.0 Å². The highest BCUT2D eigenvalue weighted by molar-refractivity contribution is 7.90. The quantitative estimate of drug-likeness (QED) is 0.600. The lowest BCUT2D eigenvalue weighted by Gasteiger charge is -2.04. The zero-order valence-electron chi connectivity index (χ0n) is 11.9. The lowest BCUT2D eigenvalue weighted by molar-refractivity contribution is -0.140. The lowest BCUT2D eigenvalue weighted by Crippen LogP contribution is -2.31. The number of nitrogens with one attached hydrogen (secondary N) is 1. The van der Waals surface area contributed by atoms with Crippen molar-refractivity contribution >= 4 is 39.6 Å². The number of hydrogen-bond acceptors (Lipinski definition) is 5. The van der Waals surface area contributed by atoms with Gasteiger partial charge in [0.1, 0.15) is 0 Å². The van der Waals surface area contributed by atoms with Crippen molar-refractivity contribution < 1.29 is 22.7 Å². The zero-order valence-corrected chi connectivity index (χ0v) is 13.5. The van der Waals surface area contributed by atoms with E-state index in [1.54, 1.807) is 24.3 Å². The van der Waals surface area contributed by atoms with E-state index in [1.165, 1.54) is 13.2 Å². The number of amides is 1. The minimum absolute atomic E-state index is 0.0216. The second-order valence-corrected chi connectivity index (χ2v) is 6.63. The Hall–Kier alpha value is -1.86. The number of rotatable bonds is 7. The van der Waals surface area contributed by atoms with E-state index in [2.05, 4.69) is 4.74 Å². The van der Waals surface area contributed by atoms with Crippen molar-refractivity contribution in [3.05, 3.63) is 40.9 Å². The third-order valence-electron chi connectivity index (χ3n) is 2.57. The lowest BCUT2D eigenvalue weighted by atomic mass is 10.2. The first-order valence-corrected chi connectivity index (χ1v) is 8.40. The average Bonchev–Trinajstić information content (AvgIpc) is 2.45. The van der Waals surface area contributed by atoms with Gasteiger partial charge in [0.2, 0.25) is 10.0 Å². The molecule has 0 aromatic heterocycles. The molecule has 0 heterocycles. The third kappa shape index (κ3) is 7.24. The summed E-state index contributed by atoms with van der Waals surface area (Å²) >= 11 is 5.73. The first-order chi connectivity index (χ1) is 10.3. The maximum atomic E-state index is 11.6. The molecule has 0 bridgehead atoms. The molecular formula is C14H16ClNO5S. The van der Waals surface area contributed by atoms with Crippen LogP contribution < -0.4 is 4.72 Å². The summed E-state index contributed by atoms with van der Waals surface area (Å²) in [7, 11) is -2.55. The zero-order chi connectivity index (χ0) is 16.6. The van der Waals surface area contributed by atoms with Gasteiger partial charge in [0.05, 0.1) is 12.9 Å². The van der Waals surface area contributed by atoms with Crippen LogP contribution >= 0.6 is 11.6 Å². The molecule has 1 rings (SSSR count). The Labute approximate surface area is 134 Å². The predicted octanol–water partition coefficient (Wildman–Crippen LogP) is 1.75. The van der Waals surface area contributed by atoms with Crippen molar-refractivity contribution in [2.24, 2.45) is 0 Å². The van der Waals surface area contributed by atoms with Crippen molar-refractivity contribution in [1.29, 1.82) is 0 Å². The average molecular weight is 346 g/mol. The van der Waals surface area contributed by atoms with Crippen LogP contribution in [0, 0.1) is 0 Å². The van der Waals surface area contributed by atoms with Crippen molar-refractivity contribution in [3.63, 3.8) is 0 Å². The normalized spacial score (nSPS) is 11.4. The Balaban J connectivity index is 2.49. The van der Waals surface area contributed by atoms with E-state index in [-0.39, 0.29) is 18.6 Å². The van der Waals surface area contributed by atoms with Gasteiger partial charge < -0.3 is 4.74 Å². The summed E-state index contributed by atoms with van der Waals surface area (Å²) in [6.07, 6.45) is 2.64. The van der Waals surface area contributed by atoms with Crippen molar-refractivity contribution in [3.8, 4) is 0 Å². The van der Waals surface area contributed by atoms with E-state index < -0.39 is 21.9 Å². The maximum Gasteiger partial charge on any atom is 0.305 e. The molecule has 1 aromatic rings. The molecular weight excluding hydrogens is 330 g/mol. The van der Waals surface area contributed by atoms with Gasteiger partial charge in [-0.05, 0) is 30.2 Å². The molecule has 0 aliphatic heterocycles. The molecule has 120 valence electrons. The summed E-state index contributed by atoms with van der Waals surface area (Å²) in [4.78, 5) is 22.4. The molecule has 0 spiro atoms. The highest BCUT2D eigenvalue weighted by atomic mass is 35.5. The van der Waals surface area contributed by atoms with Gasteiger partial charge in [0, 0.05) is 17.5 Å². The summed E-state index contributed by atoms with van der Waals surface area (Å²) in [5.74, 6) is -1.58. The van der Waals surface area contributed by atoms with E-state index in [4.69, 9.17) is 11.6 Å². The Morgan fingerprint density at radius 2 is 1.91 bits per heavy atom. The standard InChI is InChI=1S/C14H16ClNO5S/c1-21-14(18)3-2-10-22(19,20)16-13(17)9-6-11-4-7-12(15)8-5-11/h4-9H,2-3,10H2,1H3,(H,16,17). The summed E-state index contributed by atoms with van der Waals surface area (Å²) in [5.41, 5.74) is 0.711. The number of carbonyl (C=O) groups excluding carboxylic acids is 2. The molecule has 0 aliphatic rings. The van der Waals surface area contributed by atoms with Crippen LogP contribution in [0.25, 0.3) is 6.08 Å². The first-order valence-electron chi connectivity index (χ1n) is 6.37. The van der Waals surface area contributed by atoms with Crippen LogP contribution in [0.4, 0.5) is 0 Å². The summed E-state index contributed by atoms with van der Waals surface area (Å²) in [6, 6.07) is 6.69. The highest BCUT2D eigenvalue weighted by Gasteiger charge is 2.13. The summed E-state index contributed by atoms with van der Waals surface area (Å²) in [6.45, 7) is 0. The molecule has 22 heavy (non-hydrogen) atoms. The second kappa shape index (κ2) is 8.55. The first kappa shape index (κ1) is 18.2. The number of hydrogen-bond donors (Lipinski definition) is 1. The fourth-order valence-electron chi connectivity index (χ4n) is 1.49. The number of carbonyl (C=O) groups is 2. The molecule has 0 saturated heterocycles. The van der Waals surface area contributed by atoms with Gasteiger partial charge in [-0.2, -0.15) is 0 Å². The number of methoxy groups -OCH3 is 1. The van der Waals surface area contributed by atoms with Gasteiger partial charge in [-0.3, -0.25) is 9.59 Å². The van der Waals surface area contributed by atoms with E-state index >= 15 is 0 Å². The van der Waals surface area contributed by atoms with Crippen molar-refractivity contribution in [2.75, 3.05) is 12.9 Å². The van der Waals surface area contributed by atoms with Crippen molar-refractivity contribution in [2.45, 2.75) is 12.8 Å². The van der Waals surface area contributed by atoms with Crippen LogP contribution in [0.3, 0.4) is 0 Å². The smallest absolute Gasteiger partial charge is 0.305 e. The number of benzene rings is 1. The van der Waals surface area contributed by atoms with Crippen LogP contribution in [0.15, 0.2) is 30.3 Å². The second-order valence-electron chi connectivity index (χ2n) is 4.35. The number of sulfonamides is 1. The summed E-state index contributed by atoms with van der Waals surface area (Å²) in [5, 5.41) is 0.565. The van der Waals surface area contributed by atoms with Gasteiger partial charge in [0.15, 0.2) is 0 Å². The molecule has 0 fully saturated rings. The molecule has 1 amide bonds. The Morgan fingerprint density at radius 1 is 1.27 bits per heavy atom. The minimum atomic E-state index is -3.78. The molecule has 8 heteroatoms. The van der Waals surface area contributed by atoms with Gasteiger partial charge >= 0.3 is 5.97 Å². The molecule has 0 atom stereocenters. The Morgan fingerprint density at radius 3 is 2.50 bits per heavy atom. The fourth-order valence-corrected chi connectivity index (χ4v) is 2.62. The minimum Gasteiger partial charge on any atom is -0.469 e. The van der Waals surface area contributed by atoms with Crippen LogP contribution in [0.2, 0.25) is 5.02 Å². The van der Waals surface area contributed by atoms with Crippen LogP contribution in [0.1, 0.15) is 18.4 Å². The Bertz CT molecular complexity index is 652. The number of ether oxygens (including phenoxy) is 1. The Kier molecular flexibility index (Phi) is 7.07. The van der Waals surface area contributed by atoms with Gasteiger partial charge in [-0.15, -0.1) is 0 Å². The molecule has 6 nitrogen and oxygen atoms in total. The van der Waals surface area contributed by atoms with Gasteiger partial charge in [-0.1, -0.05) is 23.7 Å². The number of halogens is 1. The fraction of sp³-hybridized carbons (Fsp3) is 0.286. The third-order valence-corrected chi connectivity index (χ3v) is 4.17. The van der Waals surface area contributed by atoms with E-state index in [0.717, 1.165) is 6.08 Å². The van der Waals surface area contributed by atoms with Gasteiger partial charge in [0.25, 0.3) is 5.91 Å². The van der Waals surface area contributed by atoms with Crippen LogP contribution in [-0.2, 0) is 24.3 Å². The van der Waals surface area contributed by atoms with E-state index in [1.807, 2.05) is 4.72 Å². The van der Waals surface area contributed by atoms with Gasteiger partial charge in [-0.25, -0.2) is 13.1 Å². The SMILES string of the molecule is COC(=O)CCCS(=O)(=O)NC(=O)C=Cc1ccc(Cl)cc1. The van der Waals surface area contributed by atoms with Crippen LogP contribution in [-0.4, -0.2) is 33.2 Å². The molecule has 0 radical (unpaired) electrons. The highest BCUT2D eigenvalue weighted by Crippen LogP contribution is 2.10. The predicted molar refractivity (Wildman–Crippen MR) is 83.7 cm³/mol. The molecule has 1 N–H and O–H groups in total. The largest absolute Gasteiger partial charge is 0.469 e. The molecule has 1 aromatic carbocycles. The topological polar surface area (TPSA) is 89.5 Å². The maximum absolute atomic E-state index is 11.6. The molecule has 0 unspecified atom stereocenters. The van der Waals surface area contributed by atoms with E-state index in [0.29, 0.717) is 10.6 Å². The van der Waals surface area contributed by atoms with Crippen LogP contribution in [0.5, 0.6) is 0 Å². The number of esters is 1. The van der Waals surface area contributed by atoms with Crippen molar-refractivity contribution in [1.82, 2.24) is 4.72 Å². The molecule has 0 saturated carbocycles. The monoisotopic (exact) mass is 345 g/mol. The molecule has 0 aliphatic carbocycles.